The molecule has 0 aliphatic carbocycles. The Morgan fingerprint density at radius 1 is 1.12 bits per heavy atom. The fourth-order valence-corrected chi connectivity index (χ4v) is 3.38. The van der Waals surface area contributed by atoms with Crippen LogP contribution in [-0.2, 0) is 11.3 Å². The molecule has 3 rings (SSSR count). The maximum atomic E-state index is 12.9. The average Bonchev–Trinajstić information content (AvgIpc) is 3.26. The van der Waals surface area contributed by atoms with E-state index in [4.69, 9.17) is 9.47 Å². The van der Waals surface area contributed by atoms with E-state index in [1.807, 2.05) is 13.0 Å². The first kappa shape index (κ1) is 22.9. The zero-order chi connectivity index (χ0) is 23.1. The highest BCUT2D eigenvalue weighted by Gasteiger charge is 2.28. The van der Waals surface area contributed by atoms with E-state index in [2.05, 4.69) is 10.6 Å². The molecule has 170 valence electrons. The lowest BCUT2D eigenvalue weighted by Gasteiger charge is -2.24. The van der Waals surface area contributed by atoms with Crippen LogP contribution >= 0.6 is 0 Å². The van der Waals surface area contributed by atoms with Crippen molar-refractivity contribution in [1.29, 1.82) is 0 Å². The molecule has 2 aromatic carbocycles. The van der Waals surface area contributed by atoms with Gasteiger partial charge in [-0.3, -0.25) is 4.79 Å². The number of hydrogen-bond donors (Lipinski definition) is 3. The number of nitrogens with zero attached hydrogens (tertiary/aromatic N) is 1. The minimum absolute atomic E-state index is 0.00305. The number of unbranched alkanes of at least 4 members (excludes halogenated alkanes) is 1. The van der Waals surface area contributed by atoms with Gasteiger partial charge in [0.25, 0.3) is 0 Å². The first-order chi connectivity index (χ1) is 15.4. The van der Waals surface area contributed by atoms with Gasteiger partial charge in [-0.15, -0.1) is 0 Å². The van der Waals surface area contributed by atoms with Crippen molar-refractivity contribution in [2.45, 2.75) is 32.4 Å². The molecule has 1 aliphatic rings. The molecule has 3 amide bonds. The predicted octanol–water partition coefficient (Wildman–Crippen LogP) is 2.91. The molecular weight excluding hydrogens is 414 g/mol. The minimum Gasteiger partial charge on any atom is -0.478 e. The van der Waals surface area contributed by atoms with E-state index in [9.17, 15) is 19.5 Å². The smallest absolute Gasteiger partial charge is 0.339 e. The molecule has 2 aromatic rings. The summed E-state index contributed by atoms with van der Waals surface area (Å²) in [5, 5.41) is 15.2. The van der Waals surface area contributed by atoms with Gasteiger partial charge in [-0.05, 0) is 23.6 Å². The lowest BCUT2D eigenvalue weighted by atomic mass is 10.0. The van der Waals surface area contributed by atoms with Gasteiger partial charge in [0.15, 0.2) is 11.5 Å². The maximum absolute atomic E-state index is 12.9. The Morgan fingerprint density at radius 3 is 2.56 bits per heavy atom. The summed E-state index contributed by atoms with van der Waals surface area (Å²) in [4.78, 5) is 38.8. The summed E-state index contributed by atoms with van der Waals surface area (Å²) in [5.74, 6) is -0.971. The number of ether oxygens (including phenoxy) is 2. The van der Waals surface area contributed by atoms with Crippen molar-refractivity contribution in [3.8, 4) is 11.5 Å². The number of carboxylic acid groups (broad SMARTS) is 1. The number of nitrogens with one attached hydrogen (secondary N) is 2. The largest absolute Gasteiger partial charge is 0.478 e. The number of carbonyl (C=O) groups excluding carboxylic acids is 2. The van der Waals surface area contributed by atoms with Crippen LogP contribution in [0.25, 0.3) is 0 Å². The van der Waals surface area contributed by atoms with Crippen molar-refractivity contribution in [2.75, 3.05) is 20.4 Å². The summed E-state index contributed by atoms with van der Waals surface area (Å²) < 4.78 is 10.5. The lowest BCUT2D eigenvalue weighted by molar-refractivity contribution is -0.123. The molecule has 0 radical (unpaired) electrons. The van der Waals surface area contributed by atoms with Crippen LogP contribution in [0.4, 0.5) is 4.79 Å². The Bertz CT molecular complexity index is 979. The number of hydrogen-bond acceptors (Lipinski definition) is 5. The van der Waals surface area contributed by atoms with E-state index in [1.54, 1.807) is 36.4 Å². The van der Waals surface area contributed by atoms with Gasteiger partial charge >= 0.3 is 12.0 Å². The number of benzene rings is 2. The second-order valence-corrected chi connectivity index (χ2v) is 7.43. The van der Waals surface area contributed by atoms with Crippen LogP contribution in [0.3, 0.4) is 0 Å². The maximum Gasteiger partial charge on any atom is 0.339 e. The van der Waals surface area contributed by atoms with Crippen LogP contribution in [0.1, 0.15) is 47.3 Å². The quantitative estimate of drug-likeness (QED) is 0.515. The van der Waals surface area contributed by atoms with Crippen LogP contribution in [0.15, 0.2) is 42.5 Å². The van der Waals surface area contributed by atoms with Crippen molar-refractivity contribution >= 4 is 17.9 Å². The first-order valence-electron chi connectivity index (χ1n) is 10.4. The van der Waals surface area contributed by atoms with E-state index in [0.29, 0.717) is 23.4 Å². The summed E-state index contributed by atoms with van der Waals surface area (Å²) in [6.07, 6.45) is 1.77. The molecule has 0 unspecified atom stereocenters. The Balaban J connectivity index is 1.75. The second kappa shape index (κ2) is 10.5. The fourth-order valence-electron chi connectivity index (χ4n) is 3.38. The minimum atomic E-state index is -1.17. The summed E-state index contributed by atoms with van der Waals surface area (Å²) in [5.41, 5.74) is 0.997. The summed E-state index contributed by atoms with van der Waals surface area (Å²) in [6, 6.07) is 10.8. The third-order valence-corrected chi connectivity index (χ3v) is 5.09. The van der Waals surface area contributed by atoms with Crippen LogP contribution in [0.5, 0.6) is 11.5 Å². The van der Waals surface area contributed by atoms with Gasteiger partial charge < -0.3 is 30.1 Å². The molecule has 1 aliphatic heterocycles. The molecule has 0 fully saturated rings. The van der Waals surface area contributed by atoms with Crippen LogP contribution in [0.2, 0.25) is 0 Å². The van der Waals surface area contributed by atoms with Crippen molar-refractivity contribution in [3.05, 3.63) is 59.2 Å². The summed E-state index contributed by atoms with van der Waals surface area (Å²) in [7, 11) is 1.53. The van der Waals surface area contributed by atoms with E-state index in [0.717, 1.165) is 12.8 Å². The Hall–Kier alpha value is -3.75. The SMILES string of the molecule is CCCCNC(=O)[C@@H](NC(=O)N(C)Cc1ccc2c(c1C(=O)O)OCO2)c1ccccc1. The highest BCUT2D eigenvalue weighted by molar-refractivity contribution is 5.94. The van der Waals surface area contributed by atoms with Gasteiger partial charge in [-0.2, -0.15) is 0 Å². The molecule has 0 saturated carbocycles. The van der Waals surface area contributed by atoms with Crippen LogP contribution in [0, 0.1) is 0 Å². The zero-order valence-corrected chi connectivity index (χ0v) is 18.1. The molecule has 9 heteroatoms. The van der Waals surface area contributed by atoms with Gasteiger partial charge in [0, 0.05) is 20.1 Å². The first-order valence-corrected chi connectivity index (χ1v) is 10.4. The molecule has 9 nitrogen and oxygen atoms in total. The normalized spacial score (nSPS) is 12.7. The predicted molar refractivity (Wildman–Crippen MR) is 117 cm³/mol. The number of rotatable bonds is 9. The molecule has 3 N–H and O–H groups in total. The van der Waals surface area contributed by atoms with Crippen molar-refractivity contribution < 1.29 is 29.0 Å². The van der Waals surface area contributed by atoms with Gasteiger partial charge in [-0.1, -0.05) is 49.7 Å². The van der Waals surface area contributed by atoms with Crippen molar-refractivity contribution in [1.82, 2.24) is 15.5 Å². The van der Waals surface area contributed by atoms with Gasteiger partial charge in [0.05, 0.1) is 0 Å². The molecule has 32 heavy (non-hydrogen) atoms. The van der Waals surface area contributed by atoms with Gasteiger partial charge in [-0.25, -0.2) is 9.59 Å². The van der Waals surface area contributed by atoms with Gasteiger partial charge in [0.2, 0.25) is 12.7 Å². The van der Waals surface area contributed by atoms with E-state index < -0.39 is 18.0 Å². The second-order valence-electron chi connectivity index (χ2n) is 7.43. The molecule has 1 heterocycles. The van der Waals surface area contributed by atoms with E-state index >= 15 is 0 Å². The Labute approximate surface area is 186 Å². The van der Waals surface area contributed by atoms with Crippen molar-refractivity contribution in [3.63, 3.8) is 0 Å². The molecule has 0 saturated heterocycles. The highest BCUT2D eigenvalue weighted by atomic mass is 16.7. The molecular formula is C23H27N3O6. The van der Waals surface area contributed by atoms with Gasteiger partial charge in [0.1, 0.15) is 11.6 Å². The molecule has 0 aromatic heterocycles. The van der Waals surface area contributed by atoms with E-state index in [1.165, 1.54) is 11.9 Å². The number of aromatic carboxylic acids is 1. The molecule has 0 spiro atoms. The zero-order valence-electron chi connectivity index (χ0n) is 18.1. The number of urea groups is 1. The number of amides is 3. The van der Waals surface area contributed by atoms with Crippen LogP contribution < -0.4 is 20.1 Å². The average molecular weight is 441 g/mol. The lowest BCUT2D eigenvalue weighted by Crippen LogP contribution is -2.45. The highest BCUT2D eigenvalue weighted by Crippen LogP contribution is 2.37. The number of carbonyl (C=O) groups is 3. The standard InChI is InChI=1S/C23H27N3O6/c1-3-4-12-24-21(27)19(15-8-6-5-7-9-15)25-23(30)26(2)13-16-10-11-17-20(32-14-31-17)18(16)22(28)29/h5-11,19H,3-4,12-14H2,1-2H3,(H,24,27)(H,25,30)(H,28,29)/t19-/m0/s1. The summed E-state index contributed by atoms with van der Waals surface area (Å²) in [6.45, 7) is 2.49. The topological polar surface area (TPSA) is 117 Å². The molecule has 1 atom stereocenters. The monoisotopic (exact) mass is 441 g/mol. The van der Waals surface area contributed by atoms with E-state index in [-0.39, 0.29) is 30.6 Å². The third kappa shape index (κ3) is 5.29. The fraction of sp³-hybridized carbons (Fsp3) is 0.348. The Morgan fingerprint density at radius 2 is 1.88 bits per heavy atom. The van der Waals surface area contributed by atoms with Crippen LogP contribution in [-0.4, -0.2) is 48.3 Å². The van der Waals surface area contributed by atoms with Crippen molar-refractivity contribution in [2.24, 2.45) is 0 Å². The number of carboxylic acids is 1. The summed E-state index contributed by atoms with van der Waals surface area (Å²) >= 11 is 0. The molecule has 0 bridgehead atoms. The number of fused-ring (bicyclic) bond motifs is 1. The Kier molecular flexibility index (Phi) is 7.54. The third-order valence-electron chi connectivity index (χ3n) is 5.09.